The van der Waals surface area contributed by atoms with Crippen molar-refractivity contribution in [2.75, 3.05) is 19.0 Å². The second-order valence-corrected chi connectivity index (χ2v) is 5.00. The molecule has 0 bridgehead atoms. The molecule has 18 heavy (non-hydrogen) atoms. The van der Waals surface area contributed by atoms with Crippen LogP contribution in [0.1, 0.15) is 52.5 Å². The van der Waals surface area contributed by atoms with E-state index in [2.05, 4.69) is 41.8 Å². The van der Waals surface area contributed by atoms with Gasteiger partial charge in [0, 0.05) is 31.6 Å². The summed E-state index contributed by atoms with van der Waals surface area (Å²) in [5.41, 5.74) is 0. The van der Waals surface area contributed by atoms with Crippen LogP contribution in [0.25, 0.3) is 0 Å². The maximum Gasteiger partial charge on any atom is 0.203 e. The van der Waals surface area contributed by atoms with Gasteiger partial charge in [0.05, 0.1) is 6.61 Å². The smallest absolute Gasteiger partial charge is 0.203 e. The van der Waals surface area contributed by atoms with Gasteiger partial charge < -0.3 is 14.6 Å². The van der Waals surface area contributed by atoms with Gasteiger partial charge in [-0.1, -0.05) is 26.2 Å². The number of unbranched alkanes of at least 4 members (excludes halogenated alkanes) is 2. The quantitative estimate of drug-likeness (QED) is 0.685. The van der Waals surface area contributed by atoms with Gasteiger partial charge in [-0.15, -0.1) is 0 Å². The molecule has 0 aromatic carbocycles. The molecule has 4 nitrogen and oxygen atoms in total. The molecule has 0 fully saturated rings. The van der Waals surface area contributed by atoms with Crippen LogP contribution in [0, 0.1) is 0 Å². The van der Waals surface area contributed by atoms with Gasteiger partial charge in [-0.3, -0.25) is 0 Å². The summed E-state index contributed by atoms with van der Waals surface area (Å²) in [5, 5.41) is 3.39. The Hall–Kier alpha value is -1.03. The van der Waals surface area contributed by atoms with Crippen molar-refractivity contribution in [1.82, 2.24) is 9.55 Å². The van der Waals surface area contributed by atoms with E-state index in [0.29, 0.717) is 12.6 Å². The molecule has 0 aliphatic heterocycles. The molecule has 1 aromatic rings. The second kappa shape index (κ2) is 8.14. The Labute approximate surface area is 111 Å². The van der Waals surface area contributed by atoms with E-state index < -0.39 is 0 Å². The molecule has 104 valence electrons. The predicted molar refractivity (Wildman–Crippen MR) is 76.0 cm³/mol. The highest BCUT2D eigenvalue weighted by Gasteiger charge is 2.11. The Balaban J connectivity index is 2.52. The number of hydrogen-bond acceptors (Lipinski definition) is 3. The summed E-state index contributed by atoms with van der Waals surface area (Å²) in [6.45, 7) is 7.28. The summed E-state index contributed by atoms with van der Waals surface area (Å²) in [5.74, 6) is 0.948. The molecular weight excluding hydrogens is 226 g/mol. The number of imidazole rings is 1. The van der Waals surface area contributed by atoms with Crippen molar-refractivity contribution >= 4 is 5.95 Å². The molecule has 0 amide bonds. The van der Waals surface area contributed by atoms with E-state index in [-0.39, 0.29) is 6.04 Å². The Morgan fingerprint density at radius 1 is 1.39 bits per heavy atom. The summed E-state index contributed by atoms with van der Waals surface area (Å²) >= 11 is 0. The van der Waals surface area contributed by atoms with Gasteiger partial charge in [-0.05, 0) is 20.3 Å². The minimum atomic E-state index is 0.277. The van der Waals surface area contributed by atoms with Crippen molar-refractivity contribution in [3.8, 4) is 0 Å². The van der Waals surface area contributed by atoms with Crippen molar-refractivity contribution < 1.29 is 4.74 Å². The summed E-state index contributed by atoms with van der Waals surface area (Å²) in [4.78, 5) is 4.38. The predicted octanol–water partition coefficient (Wildman–Crippen LogP) is 3.47. The summed E-state index contributed by atoms with van der Waals surface area (Å²) in [6, 6.07) is 0.773. The molecule has 0 saturated carbocycles. The van der Waals surface area contributed by atoms with E-state index in [9.17, 15) is 0 Å². The molecule has 1 N–H and O–H groups in total. The average molecular weight is 253 g/mol. The second-order valence-electron chi connectivity index (χ2n) is 5.00. The SMILES string of the molecule is CCCCCC(C)n1ccnc1NC(C)COC. The van der Waals surface area contributed by atoms with Gasteiger partial charge in [-0.25, -0.2) is 4.98 Å². The van der Waals surface area contributed by atoms with E-state index in [4.69, 9.17) is 4.74 Å². The Bertz CT molecular complexity index is 325. The monoisotopic (exact) mass is 253 g/mol. The van der Waals surface area contributed by atoms with Gasteiger partial charge in [-0.2, -0.15) is 0 Å². The third-order valence-electron chi connectivity index (χ3n) is 3.16. The molecule has 2 atom stereocenters. The van der Waals surface area contributed by atoms with Gasteiger partial charge in [0.25, 0.3) is 0 Å². The zero-order valence-electron chi connectivity index (χ0n) is 12.1. The molecule has 0 saturated heterocycles. The third-order valence-corrected chi connectivity index (χ3v) is 3.16. The van der Waals surface area contributed by atoms with Crippen LogP contribution in [0.5, 0.6) is 0 Å². The number of rotatable bonds is 9. The number of aromatic nitrogens is 2. The molecule has 1 aromatic heterocycles. The Kier molecular flexibility index (Phi) is 6.80. The van der Waals surface area contributed by atoms with Crippen LogP contribution in [0.15, 0.2) is 12.4 Å². The summed E-state index contributed by atoms with van der Waals surface area (Å²) < 4.78 is 7.36. The first-order valence-electron chi connectivity index (χ1n) is 6.97. The van der Waals surface area contributed by atoms with Crippen molar-refractivity contribution in [2.45, 2.75) is 58.5 Å². The first-order valence-corrected chi connectivity index (χ1v) is 6.97. The highest BCUT2D eigenvalue weighted by atomic mass is 16.5. The zero-order chi connectivity index (χ0) is 13.4. The number of methoxy groups -OCH3 is 1. The van der Waals surface area contributed by atoms with Crippen LogP contribution in [0.4, 0.5) is 5.95 Å². The number of anilines is 1. The average Bonchev–Trinajstić information content (AvgIpc) is 2.77. The zero-order valence-corrected chi connectivity index (χ0v) is 12.1. The van der Waals surface area contributed by atoms with Crippen LogP contribution in [-0.4, -0.2) is 29.3 Å². The molecule has 0 radical (unpaired) electrons. The fraction of sp³-hybridized carbons (Fsp3) is 0.786. The van der Waals surface area contributed by atoms with Crippen molar-refractivity contribution in [2.24, 2.45) is 0 Å². The topological polar surface area (TPSA) is 39.1 Å². The van der Waals surface area contributed by atoms with Crippen molar-refractivity contribution in [1.29, 1.82) is 0 Å². The molecule has 4 heteroatoms. The molecule has 0 spiro atoms. The van der Waals surface area contributed by atoms with Crippen molar-refractivity contribution in [3.63, 3.8) is 0 Å². The maximum atomic E-state index is 5.13. The normalized spacial score (nSPS) is 14.4. The fourth-order valence-corrected chi connectivity index (χ4v) is 2.12. The van der Waals surface area contributed by atoms with Gasteiger partial charge in [0.15, 0.2) is 0 Å². The summed E-state index contributed by atoms with van der Waals surface area (Å²) in [7, 11) is 1.72. The number of nitrogens with one attached hydrogen (secondary N) is 1. The number of nitrogens with zero attached hydrogens (tertiary/aromatic N) is 2. The van der Waals surface area contributed by atoms with E-state index in [1.807, 2.05) is 6.20 Å². The number of hydrogen-bond donors (Lipinski definition) is 1. The van der Waals surface area contributed by atoms with Crippen LogP contribution in [-0.2, 0) is 4.74 Å². The lowest BCUT2D eigenvalue weighted by Gasteiger charge is -2.19. The van der Waals surface area contributed by atoms with E-state index in [0.717, 1.165) is 5.95 Å². The molecule has 1 rings (SSSR count). The lowest BCUT2D eigenvalue weighted by atomic mass is 10.1. The lowest BCUT2D eigenvalue weighted by molar-refractivity contribution is 0.190. The standard InChI is InChI=1S/C14H27N3O/c1-5-6-7-8-13(3)17-10-9-15-14(17)16-12(2)11-18-4/h9-10,12-13H,5-8,11H2,1-4H3,(H,15,16). The Morgan fingerprint density at radius 2 is 2.17 bits per heavy atom. The van der Waals surface area contributed by atoms with Crippen LogP contribution in [0.3, 0.4) is 0 Å². The Morgan fingerprint density at radius 3 is 2.83 bits per heavy atom. The third kappa shape index (κ3) is 4.69. The lowest BCUT2D eigenvalue weighted by Crippen LogP contribution is -2.23. The van der Waals surface area contributed by atoms with Crippen LogP contribution >= 0.6 is 0 Å². The van der Waals surface area contributed by atoms with Crippen molar-refractivity contribution in [3.05, 3.63) is 12.4 Å². The van der Waals surface area contributed by atoms with E-state index >= 15 is 0 Å². The minimum absolute atomic E-state index is 0.277. The highest BCUT2D eigenvalue weighted by molar-refractivity contribution is 5.28. The molecule has 0 aliphatic rings. The van der Waals surface area contributed by atoms with E-state index in [1.165, 1.54) is 25.7 Å². The summed E-state index contributed by atoms with van der Waals surface area (Å²) in [6.07, 6.45) is 8.98. The molecule has 1 heterocycles. The first kappa shape index (κ1) is 15.0. The highest BCUT2D eigenvalue weighted by Crippen LogP contribution is 2.20. The molecule has 2 unspecified atom stereocenters. The first-order chi connectivity index (χ1) is 8.69. The largest absolute Gasteiger partial charge is 0.383 e. The van der Waals surface area contributed by atoms with Crippen LogP contribution < -0.4 is 5.32 Å². The molecular formula is C14H27N3O. The fourth-order valence-electron chi connectivity index (χ4n) is 2.12. The van der Waals surface area contributed by atoms with Gasteiger partial charge in [0.1, 0.15) is 0 Å². The molecule has 0 aliphatic carbocycles. The maximum absolute atomic E-state index is 5.13. The van der Waals surface area contributed by atoms with Gasteiger partial charge in [0.2, 0.25) is 5.95 Å². The minimum Gasteiger partial charge on any atom is -0.383 e. The van der Waals surface area contributed by atoms with Gasteiger partial charge >= 0.3 is 0 Å². The number of ether oxygens (including phenoxy) is 1. The van der Waals surface area contributed by atoms with Crippen LogP contribution in [0.2, 0.25) is 0 Å². The van der Waals surface area contributed by atoms with E-state index in [1.54, 1.807) is 7.11 Å².